The number of aliphatic hydroxyl groups is 1. The average molecular weight is 1190 g/mol. The summed E-state index contributed by atoms with van der Waals surface area (Å²) in [6.45, 7) is 10.1. The van der Waals surface area contributed by atoms with E-state index in [-0.39, 0.29) is 81.1 Å². The number of esters is 1. The number of unbranched alkanes of at least 4 members (excludes halogenated alkanes) is 3. The van der Waals surface area contributed by atoms with Crippen LogP contribution in [0.4, 0.5) is 18.9 Å². The number of carboxylic acid groups (broad SMARTS) is 6. The lowest BCUT2D eigenvalue weighted by molar-refractivity contribution is -0.303. The third kappa shape index (κ3) is 26.0. The minimum Gasteiger partial charge on any atom is -0.542 e. The lowest BCUT2D eigenvalue weighted by atomic mass is 9.47. The Kier molecular flexibility index (Phi) is 38.1. The number of ketones is 6. The number of benzene rings is 2. The van der Waals surface area contributed by atoms with E-state index in [4.69, 9.17) is 6.57 Å². The zero-order chi connectivity index (χ0) is 59.3. The van der Waals surface area contributed by atoms with Gasteiger partial charge in [0, 0.05) is 79.9 Å². The first-order chi connectivity index (χ1) is 36.3. The molecule has 4 bridgehead atoms. The number of hydrogen-bond donors (Lipinski definition) is 1. The number of rotatable bonds is 16. The molecule has 84 heavy (non-hydrogen) atoms. The first kappa shape index (κ1) is 84.0. The Balaban J connectivity index is -0.000000295. The lowest BCUT2D eigenvalue weighted by Crippen LogP contribution is -2.60. The summed E-state index contributed by atoms with van der Waals surface area (Å²) in [7, 11) is 0. The van der Waals surface area contributed by atoms with Crippen molar-refractivity contribution in [3.8, 4) is 0 Å². The highest BCUT2D eigenvalue weighted by Gasteiger charge is 2.60. The molecule has 5 aliphatic carbocycles. The van der Waals surface area contributed by atoms with E-state index in [0.29, 0.717) is 49.3 Å². The largest absolute Gasteiger partial charge is 0.542 e. The van der Waals surface area contributed by atoms with E-state index in [2.05, 4.69) is 16.5 Å². The fraction of sp³-hybridized carbons (Fsp3) is 0.458. The van der Waals surface area contributed by atoms with Gasteiger partial charge in [0.1, 0.15) is 41.7 Å². The summed E-state index contributed by atoms with van der Waals surface area (Å²) in [6, 6.07) is 7.70. The lowest BCUT2D eigenvalue weighted by Gasteiger charge is -2.59. The molecule has 1 aliphatic heterocycles. The van der Waals surface area contributed by atoms with Crippen molar-refractivity contribution in [2.75, 3.05) is 6.61 Å². The Bertz CT molecular complexity index is 2630. The molecule has 3 unspecified atom stereocenters. The normalized spacial score (nSPS) is 19.7. The van der Waals surface area contributed by atoms with Gasteiger partial charge in [-0.15, -0.1) is 0 Å². The Labute approximate surface area is 488 Å². The zero-order valence-electron chi connectivity index (χ0n) is 48.3. The van der Waals surface area contributed by atoms with Crippen LogP contribution in [0.2, 0.25) is 0 Å². The third-order valence-electron chi connectivity index (χ3n) is 13.1. The SMILES string of the molecule is CCCCCCC(=O)C(=O)[O-].Cc1cc(C(=O)C(=O)[O-])cc(C(F)(F)F)c1.O=C([O-])C(=O)C12CC3CC(CC(O)(C3)C1)C2.O=C([O-])C(=O)C1CCCCC1.O=C([O-])C(=O)C1CCOC1=O.[C-]#[N+]c1ccc(C(=O)C(=O)[O-])cc1.[CH3+].[CH3+].[CH3+].[CH3+].[CH3+].[CH3+]. The van der Waals surface area contributed by atoms with Gasteiger partial charge < -0.3 is 69.2 Å². The van der Waals surface area contributed by atoms with Crippen molar-refractivity contribution in [1.29, 1.82) is 0 Å². The van der Waals surface area contributed by atoms with E-state index >= 15 is 0 Å². The molecule has 6 aliphatic rings. The molecule has 1 N–H and O–H groups in total. The Morgan fingerprint density at radius 2 is 1.14 bits per heavy atom. The standard InChI is InChI=1S/C12H16O4.C10H7F3O3.C9H5NO3.C8H12O3.C8H14O3.C6H6O5.6CH3/c13-9(10(14)15)11-2-7-1-8(3-11)5-12(16,4-7)6-11;1-5-2-6(8(14)9(15)16)4-7(3-5)10(11,12)13;1-10-7-4-2-6(3-5-7)8(11)9(12)13;9-7(8(10)11)6-4-2-1-3-5-6;1-2-3-4-5-6-7(9)8(10)11;7-4(5(8)9)3-1-2-11-6(3)10;;;;;;/h7-8,16H,1-6H2,(H,14,15);2-4H,1H3,(H,15,16);2-5H,(H,12,13);6H,1-5H2,(H,10,11);2-6H2,1H3,(H,10,11);3H,1-2H2,(H,8,9);6*1H3/q;;;;;;6*+1/p-6. The van der Waals surface area contributed by atoms with Crippen molar-refractivity contribution in [2.45, 2.75) is 135 Å². The second kappa shape index (κ2) is 38.1. The molecule has 0 aromatic heterocycles. The van der Waals surface area contributed by atoms with Crippen LogP contribution in [-0.2, 0) is 63.7 Å². The Hall–Kier alpha value is -8.79. The first-order valence-corrected chi connectivity index (χ1v) is 24.4. The van der Waals surface area contributed by atoms with Crippen LogP contribution in [0.1, 0.15) is 148 Å². The number of alkyl halides is 3. The summed E-state index contributed by atoms with van der Waals surface area (Å²) < 4.78 is 41.4. The molecule has 0 radical (unpaired) electrons. The maximum absolute atomic E-state index is 12.3. The van der Waals surface area contributed by atoms with Gasteiger partial charge >= 0.3 is 12.1 Å². The molecule has 25 heteroatoms. The van der Waals surface area contributed by atoms with Gasteiger partial charge in [-0.2, -0.15) is 13.2 Å². The number of carboxylic acids is 6. The highest BCUT2D eigenvalue weighted by Crippen LogP contribution is 2.61. The number of Topliss-reactive ketones (excluding diaryl/α,β-unsaturated/α-hetero) is 6. The molecule has 0 amide bonds. The maximum Gasteiger partial charge on any atom is 0.416 e. The summed E-state index contributed by atoms with van der Waals surface area (Å²) in [4.78, 5) is 140. The fourth-order valence-electron chi connectivity index (χ4n) is 9.92. The van der Waals surface area contributed by atoms with Crippen molar-refractivity contribution < 1.29 is 116 Å². The monoisotopic (exact) mass is 1190 g/mol. The summed E-state index contributed by atoms with van der Waals surface area (Å²) in [5.74, 6) is -17.7. The molecule has 6 fully saturated rings. The minimum absolute atomic E-state index is 0. The number of ether oxygens (including phenoxy) is 1. The highest BCUT2D eigenvalue weighted by atomic mass is 19.4. The summed E-state index contributed by atoms with van der Waals surface area (Å²) in [6.07, 6.45) is 8.05. The molecular formula is C59H72F3NO21. The highest BCUT2D eigenvalue weighted by molar-refractivity contribution is 6.39. The molecule has 460 valence electrons. The number of cyclic esters (lactones) is 1. The molecule has 0 spiro atoms. The second-order valence-electron chi connectivity index (χ2n) is 19.2. The van der Waals surface area contributed by atoms with E-state index in [1.807, 2.05) is 0 Å². The van der Waals surface area contributed by atoms with Crippen LogP contribution < -0.4 is 30.6 Å². The fourth-order valence-corrected chi connectivity index (χ4v) is 9.92. The van der Waals surface area contributed by atoms with Crippen molar-refractivity contribution in [3.63, 3.8) is 0 Å². The van der Waals surface area contributed by atoms with Gasteiger partial charge in [-0.3, -0.25) is 33.6 Å². The molecule has 2 aromatic rings. The zero-order valence-corrected chi connectivity index (χ0v) is 48.3. The van der Waals surface area contributed by atoms with Crippen molar-refractivity contribution in [2.24, 2.45) is 29.1 Å². The number of aliphatic carboxylic acids is 6. The number of nitrogens with zero attached hydrogens (tertiary/aromatic N) is 1. The number of carbonyl (C=O) groups excluding carboxylic acids is 13. The van der Waals surface area contributed by atoms with E-state index < -0.39 is 111 Å². The molecule has 1 heterocycles. The predicted octanol–water partition coefficient (Wildman–Crippen LogP) is 1.48. The van der Waals surface area contributed by atoms with Crippen LogP contribution in [0, 0.1) is 87.1 Å². The van der Waals surface area contributed by atoms with E-state index in [9.17, 15) is 111 Å². The number of halogens is 3. The number of hydrogen-bond acceptors (Lipinski definition) is 21. The summed E-state index contributed by atoms with van der Waals surface area (Å²) in [5, 5.41) is 71.5. The van der Waals surface area contributed by atoms with Gasteiger partial charge in [0.25, 0.3) is 0 Å². The molecule has 1 saturated heterocycles. The van der Waals surface area contributed by atoms with Gasteiger partial charge in [0.05, 0.1) is 24.3 Å². The third-order valence-corrected chi connectivity index (χ3v) is 13.1. The second-order valence-corrected chi connectivity index (χ2v) is 19.2. The first-order valence-electron chi connectivity index (χ1n) is 24.4. The summed E-state index contributed by atoms with van der Waals surface area (Å²) in [5.41, 5.74) is -2.65. The van der Waals surface area contributed by atoms with Crippen molar-refractivity contribution in [1.82, 2.24) is 0 Å². The number of aryl methyl sites for hydroxylation is 1. The average Bonchev–Trinajstić information content (AvgIpc) is 3.81. The van der Waals surface area contributed by atoms with E-state index in [0.717, 1.165) is 82.8 Å². The van der Waals surface area contributed by atoms with Crippen LogP contribution in [0.15, 0.2) is 42.5 Å². The van der Waals surface area contributed by atoms with Gasteiger partial charge in [0.15, 0.2) is 28.8 Å². The topological polar surface area (TPSA) is 394 Å². The maximum atomic E-state index is 12.3. The van der Waals surface area contributed by atoms with E-state index in [1.54, 1.807) is 0 Å². The Morgan fingerprint density at radius 3 is 1.54 bits per heavy atom. The number of carbonyl (C=O) groups is 13. The quantitative estimate of drug-likeness (QED) is 0.0621. The van der Waals surface area contributed by atoms with Gasteiger partial charge in [-0.25, -0.2) is 4.85 Å². The minimum atomic E-state index is -4.62. The van der Waals surface area contributed by atoms with Crippen LogP contribution >= 0.6 is 0 Å². The Morgan fingerprint density at radius 1 is 0.643 bits per heavy atom. The van der Waals surface area contributed by atoms with Gasteiger partial charge in [-0.1, -0.05) is 69.7 Å². The van der Waals surface area contributed by atoms with Crippen molar-refractivity contribution >= 4 is 82.2 Å². The van der Waals surface area contributed by atoms with Gasteiger partial charge in [0.2, 0.25) is 11.6 Å². The molecule has 8 rings (SSSR count). The molecule has 3 atom stereocenters. The molecular weight excluding hydrogens is 1120 g/mol. The molecule has 5 saturated carbocycles. The molecule has 22 nitrogen and oxygen atoms in total. The van der Waals surface area contributed by atoms with Crippen LogP contribution in [0.3, 0.4) is 0 Å². The smallest absolute Gasteiger partial charge is 0.416 e. The molecule has 2 aromatic carbocycles. The summed E-state index contributed by atoms with van der Waals surface area (Å²) >= 11 is 0. The predicted molar refractivity (Wildman–Crippen MR) is 283 cm³/mol. The van der Waals surface area contributed by atoms with Crippen LogP contribution in [0.5, 0.6) is 0 Å². The van der Waals surface area contributed by atoms with Crippen LogP contribution in [-0.4, -0.2) is 93.8 Å². The van der Waals surface area contributed by atoms with Crippen molar-refractivity contribution in [3.05, 3.63) is 121 Å². The van der Waals surface area contributed by atoms with E-state index in [1.165, 1.54) is 31.2 Å². The van der Waals surface area contributed by atoms with Crippen LogP contribution in [0.25, 0.3) is 4.85 Å². The van der Waals surface area contributed by atoms with Gasteiger partial charge in [-0.05, 0) is 100 Å².